The minimum Gasteiger partial charge on any atom is -0.120 e. The SMILES string of the molecule is c1ccc(CSP(c2ccccc2)c2ccccc2)cc1. The van der Waals surface area contributed by atoms with Gasteiger partial charge in [-0.25, -0.2) is 0 Å². The lowest BCUT2D eigenvalue weighted by atomic mass is 10.2. The summed E-state index contributed by atoms with van der Waals surface area (Å²) in [4.78, 5) is 0. The van der Waals surface area contributed by atoms with Crippen LogP contribution in [0, 0.1) is 0 Å². The van der Waals surface area contributed by atoms with Gasteiger partial charge in [-0.2, -0.15) is 0 Å². The van der Waals surface area contributed by atoms with Gasteiger partial charge in [-0.15, -0.1) is 11.4 Å². The number of benzene rings is 3. The van der Waals surface area contributed by atoms with Crippen LogP contribution in [0.15, 0.2) is 91.0 Å². The van der Waals surface area contributed by atoms with Crippen molar-refractivity contribution in [3.63, 3.8) is 0 Å². The molecule has 0 aliphatic heterocycles. The van der Waals surface area contributed by atoms with Crippen molar-refractivity contribution in [2.24, 2.45) is 0 Å². The van der Waals surface area contributed by atoms with E-state index >= 15 is 0 Å². The predicted molar refractivity (Wildman–Crippen MR) is 96.8 cm³/mol. The molecule has 0 nitrogen and oxygen atoms in total. The van der Waals surface area contributed by atoms with Crippen molar-refractivity contribution >= 4 is 29.1 Å². The topological polar surface area (TPSA) is 0 Å². The average Bonchev–Trinajstić information content (AvgIpc) is 2.58. The molecule has 0 saturated carbocycles. The van der Waals surface area contributed by atoms with E-state index in [0.29, 0.717) is 0 Å². The van der Waals surface area contributed by atoms with Gasteiger partial charge in [0.25, 0.3) is 0 Å². The fourth-order valence-electron chi connectivity index (χ4n) is 2.14. The Balaban J connectivity index is 1.83. The number of hydrogen-bond donors (Lipinski definition) is 0. The summed E-state index contributed by atoms with van der Waals surface area (Å²) in [6.07, 6.45) is 0. The third kappa shape index (κ3) is 3.97. The molecule has 2 heteroatoms. The van der Waals surface area contributed by atoms with Crippen LogP contribution >= 0.6 is 18.5 Å². The monoisotopic (exact) mass is 308 g/mol. The van der Waals surface area contributed by atoms with E-state index in [9.17, 15) is 0 Å². The summed E-state index contributed by atoms with van der Waals surface area (Å²) in [6, 6.07) is 32.4. The van der Waals surface area contributed by atoms with Gasteiger partial charge in [0.15, 0.2) is 0 Å². The molecule has 21 heavy (non-hydrogen) atoms. The second-order valence-corrected chi connectivity index (χ2v) is 8.76. The first kappa shape index (κ1) is 14.4. The van der Waals surface area contributed by atoms with Gasteiger partial charge >= 0.3 is 0 Å². The van der Waals surface area contributed by atoms with Gasteiger partial charge in [0.05, 0.1) is 0 Å². The molecule has 3 rings (SSSR count). The summed E-state index contributed by atoms with van der Waals surface area (Å²) in [5.74, 6) is 1.05. The third-order valence-corrected chi connectivity index (χ3v) is 7.87. The fraction of sp³-hybridized carbons (Fsp3) is 0.0526. The minimum absolute atomic E-state index is 0.358. The van der Waals surface area contributed by atoms with Gasteiger partial charge < -0.3 is 0 Å². The van der Waals surface area contributed by atoms with E-state index in [4.69, 9.17) is 0 Å². The highest BCUT2D eigenvalue weighted by molar-refractivity contribution is 8.59. The van der Waals surface area contributed by atoms with Gasteiger partial charge in [0.2, 0.25) is 0 Å². The van der Waals surface area contributed by atoms with Crippen molar-refractivity contribution in [1.82, 2.24) is 0 Å². The molecule has 0 radical (unpaired) electrons. The van der Waals surface area contributed by atoms with Gasteiger partial charge in [0, 0.05) is 12.9 Å². The molecule has 0 aliphatic carbocycles. The standard InChI is InChI=1S/C19H17PS/c1-4-10-17(11-5-1)16-21-20(18-12-6-2-7-13-18)19-14-8-3-9-15-19/h1-15H,16H2. The van der Waals surface area contributed by atoms with Crippen molar-refractivity contribution in [3.05, 3.63) is 96.6 Å². The maximum Gasteiger partial charge on any atom is 0.0232 e. The maximum absolute atomic E-state index is 2.25. The van der Waals surface area contributed by atoms with Gasteiger partial charge in [-0.3, -0.25) is 0 Å². The second-order valence-electron chi connectivity index (χ2n) is 4.72. The van der Waals surface area contributed by atoms with Crippen LogP contribution in [-0.2, 0) is 5.75 Å². The van der Waals surface area contributed by atoms with Crippen molar-refractivity contribution in [1.29, 1.82) is 0 Å². The molecular formula is C19H17PS. The van der Waals surface area contributed by atoms with E-state index in [1.165, 1.54) is 16.2 Å². The minimum atomic E-state index is -0.358. The Labute approximate surface area is 131 Å². The first-order valence-electron chi connectivity index (χ1n) is 7.00. The highest BCUT2D eigenvalue weighted by Crippen LogP contribution is 2.49. The molecule has 104 valence electrons. The summed E-state index contributed by atoms with van der Waals surface area (Å²) < 4.78 is 0. The molecule has 0 spiro atoms. The summed E-state index contributed by atoms with van der Waals surface area (Å²) in [5, 5.41) is 2.86. The van der Waals surface area contributed by atoms with Crippen LogP contribution in [0.5, 0.6) is 0 Å². The summed E-state index contributed by atoms with van der Waals surface area (Å²) in [5.41, 5.74) is 1.39. The summed E-state index contributed by atoms with van der Waals surface area (Å²) in [7, 11) is -0.358. The maximum atomic E-state index is 2.25. The first-order valence-corrected chi connectivity index (χ1v) is 9.94. The molecular weight excluding hydrogens is 291 g/mol. The van der Waals surface area contributed by atoms with E-state index < -0.39 is 0 Å². The van der Waals surface area contributed by atoms with Crippen molar-refractivity contribution in [2.75, 3.05) is 0 Å². The molecule has 0 heterocycles. The van der Waals surface area contributed by atoms with Crippen molar-refractivity contribution in [3.8, 4) is 0 Å². The molecule has 0 atom stereocenters. The first-order chi connectivity index (χ1) is 10.4. The summed E-state index contributed by atoms with van der Waals surface area (Å²) in [6.45, 7) is 0. The molecule has 0 N–H and O–H groups in total. The Bertz CT molecular complexity index is 613. The van der Waals surface area contributed by atoms with E-state index in [1.54, 1.807) is 0 Å². The van der Waals surface area contributed by atoms with E-state index in [1.807, 2.05) is 11.4 Å². The van der Waals surface area contributed by atoms with Crippen LogP contribution in [0.2, 0.25) is 0 Å². The highest BCUT2D eigenvalue weighted by atomic mass is 32.7. The second kappa shape index (κ2) is 7.45. The lowest BCUT2D eigenvalue weighted by Crippen LogP contribution is -2.08. The van der Waals surface area contributed by atoms with Crippen molar-refractivity contribution in [2.45, 2.75) is 5.75 Å². The Morgan fingerprint density at radius 1 is 0.571 bits per heavy atom. The number of rotatable bonds is 5. The molecule has 3 aromatic carbocycles. The van der Waals surface area contributed by atoms with Crippen LogP contribution in [-0.4, -0.2) is 0 Å². The van der Waals surface area contributed by atoms with Crippen LogP contribution in [0.4, 0.5) is 0 Å². The Hall–Kier alpha value is -1.56. The Kier molecular flexibility index (Phi) is 5.10. The average molecular weight is 308 g/mol. The van der Waals surface area contributed by atoms with E-state index in [2.05, 4.69) is 91.0 Å². The van der Waals surface area contributed by atoms with Crippen molar-refractivity contribution < 1.29 is 0 Å². The van der Waals surface area contributed by atoms with Gasteiger partial charge in [-0.1, -0.05) is 91.0 Å². The molecule has 3 aromatic rings. The zero-order valence-electron chi connectivity index (χ0n) is 11.7. The molecule has 0 amide bonds. The quantitative estimate of drug-likeness (QED) is 0.600. The fourth-order valence-corrected chi connectivity index (χ4v) is 6.55. The van der Waals surface area contributed by atoms with Crippen LogP contribution < -0.4 is 10.6 Å². The zero-order chi connectivity index (χ0) is 14.3. The zero-order valence-corrected chi connectivity index (χ0v) is 13.4. The highest BCUT2D eigenvalue weighted by Gasteiger charge is 2.14. The van der Waals surface area contributed by atoms with Gasteiger partial charge in [0.1, 0.15) is 0 Å². The predicted octanol–water partition coefficient (Wildman–Crippen LogP) is 4.97. The van der Waals surface area contributed by atoms with Crippen LogP contribution in [0.3, 0.4) is 0 Å². The van der Waals surface area contributed by atoms with E-state index in [-0.39, 0.29) is 7.12 Å². The molecule has 0 fully saturated rings. The van der Waals surface area contributed by atoms with Crippen LogP contribution in [0.25, 0.3) is 0 Å². The third-order valence-electron chi connectivity index (χ3n) is 3.18. The smallest absolute Gasteiger partial charge is 0.0232 e. The lowest BCUT2D eigenvalue weighted by molar-refractivity contribution is 1.43. The lowest BCUT2D eigenvalue weighted by Gasteiger charge is -2.17. The van der Waals surface area contributed by atoms with E-state index in [0.717, 1.165) is 5.75 Å². The van der Waals surface area contributed by atoms with Crippen LogP contribution in [0.1, 0.15) is 5.56 Å². The Morgan fingerprint density at radius 3 is 1.48 bits per heavy atom. The normalized spacial score (nSPS) is 10.7. The van der Waals surface area contributed by atoms with Gasteiger partial charge in [-0.05, 0) is 16.2 Å². The molecule has 0 bridgehead atoms. The molecule has 0 saturated heterocycles. The Morgan fingerprint density at radius 2 is 1.00 bits per heavy atom. The number of hydrogen-bond acceptors (Lipinski definition) is 1. The summed E-state index contributed by atoms with van der Waals surface area (Å²) >= 11 is 2.05. The molecule has 0 unspecified atom stereocenters. The molecule has 0 aromatic heterocycles. The largest absolute Gasteiger partial charge is 0.120 e. The molecule has 0 aliphatic rings.